The van der Waals surface area contributed by atoms with Gasteiger partial charge < -0.3 is 18.9 Å². The Morgan fingerprint density at radius 1 is 0.680 bits per heavy atom. The van der Waals surface area contributed by atoms with E-state index in [1.165, 1.54) is 38.2 Å². The van der Waals surface area contributed by atoms with Crippen LogP contribution >= 0.6 is 0 Å². The minimum Gasteiger partial charge on any atom is -0.468 e. The first-order valence-electron chi connectivity index (χ1n) is 7.51. The minimum absolute atomic E-state index is 0.139. The van der Waals surface area contributed by atoms with Gasteiger partial charge in [-0.25, -0.2) is 0 Å². The number of esters is 4. The number of nitrogens with zero attached hydrogens (tertiary/aromatic N) is 2. The molecule has 10 heteroatoms. The van der Waals surface area contributed by atoms with Gasteiger partial charge in [0.2, 0.25) is 0 Å². The quantitative estimate of drug-likeness (QED) is 0.324. The second-order valence-electron chi connectivity index (χ2n) is 5.23. The summed E-state index contributed by atoms with van der Waals surface area (Å²) in [5, 5.41) is 0. The highest BCUT2D eigenvalue weighted by atomic mass is 16.5. The molecule has 0 N–H and O–H groups in total. The highest BCUT2D eigenvalue weighted by Crippen LogP contribution is 2.05. The first kappa shape index (κ1) is 22.8. The standard InChI is InChI=1S/C15H26N2O8/c1-11(17(9-14(20)24-4)10-15(21)25-5)6-16(7-12(18)22-2)8-13(19)23-3/h11H,6-10H2,1-5H3/t11-/m0/s1. The van der Waals surface area contributed by atoms with Crippen LogP contribution < -0.4 is 0 Å². The average molecular weight is 362 g/mol. The van der Waals surface area contributed by atoms with Crippen LogP contribution in [0.3, 0.4) is 0 Å². The number of carbonyl (C=O) groups excluding carboxylic acids is 4. The molecule has 0 unspecified atom stereocenters. The molecule has 10 nitrogen and oxygen atoms in total. The van der Waals surface area contributed by atoms with E-state index >= 15 is 0 Å². The van der Waals surface area contributed by atoms with Gasteiger partial charge in [-0.2, -0.15) is 0 Å². The Balaban J connectivity index is 5.07. The number of ether oxygens (including phenoxy) is 4. The maximum Gasteiger partial charge on any atom is 0.319 e. The summed E-state index contributed by atoms with van der Waals surface area (Å²) >= 11 is 0. The lowest BCUT2D eigenvalue weighted by atomic mass is 10.2. The second-order valence-corrected chi connectivity index (χ2v) is 5.23. The maximum absolute atomic E-state index is 11.6. The molecule has 0 aliphatic heterocycles. The summed E-state index contributed by atoms with van der Waals surface area (Å²) in [5.74, 6) is -2.10. The monoisotopic (exact) mass is 362 g/mol. The Bertz CT molecular complexity index is 432. The predicted octanol–water partition coefficient (Wildman–Crippen LogP) is -1.33. The molecular weight excluding hydrogens is 336 g/mol. The van der Waals surface area contributed by atoms with Crippen LogP contribution in [-0.2, 0) is 38.1 Å². The molecule has 1 atom stereocenters. The lowest BCUT2D eigenvalue weighted by molar-refractivity contribution is -0.150. The van der Waals surface area contributed by atoms with Crippen molar-refractivity contribution >= 4 is 23.9 Å². The van der Waals surface area contributed by atoms with Gasteiger partial charge in [-0.3, -0.25) is 29.0 Å². The van der Waals surface area contributed by atoms with Crippen molar-refractivity contribution in [2.24, 2.45) is 0 Å². The van der Waals surface area contributed by atoms with Crippen molar-refractivity contribution in [3.8, 4) is 0 Å². The largest absolute Gasteiger partial charge is 0.468 e. The van der Waals surface area contributed by atoms with Gasteiger partial charge in [-0.05, 0) is 6.92 Å². The molecule has 0 rings (SSSR count). The van der Waals surface area contributed by atoms with Gasteiger partial charge in [0.15, 0.2) is 0 Å². The molecule has 0 heterocycles. The third-order valence-corrected chi connectivity index (χ3v) is 3.43. The van der Waals surface area contributed by atoms with Crippen LogP contribution in [0.4, 0.5) is 0 Å². The molecular formula is C15H26N2O8. The lowest BCUT2D eigenvalue weighted by Gasteiger charge is -2.31. The summed E-state index contributed by atoms with van der Waals surface area (Å²) in [7, 11) is 4.96. The van der Waals surface area contributed by atoms with E-state index in [1.807, 2.05) is 0 Å². The minimum atomic E-state index is -0.525. The van der Waals surface area contributed by atoms with Crippen molar-refractivity contribution in [1.29, 1.82) is 0 Å². The molecule has 0 spiro atoms. The first-order valence-corrected chi connectivity index (χ1v) is 7.51. The summed E-state index contributed by atoms with van der Waals surface area (Å²) in [6.07, 6.45) is 0. The Morgan fingerprint density at radius 3 is 1.32 bits per heavy atom. The molecule has 0 aliphatic rings. The molecule has 0 aromatic rings. The van der Waals surface area contributed by atoms with Gasteiger partial charge in [-0.15, -0.1) is 0 Å². The van der Waals surface area contributed by atoms with Crippen molar-refractivity contribution in [3.63, 3.8) is 0 Å². The van der Waals surface area contributed by atoms with Gasteiger partial charge in [0.1, 0.15) is 0 Å². The van der Waals surface area contributed by atoms with Crippen molar-refractivity contribution in [3.05, 3.63) is 0 Å². The Hall–Kier alpha value is -2.20. The Morgan fingerprint density at radius 2 is 1.00 bits per heavy atom. The number of hydrogen-bond donors (Lipinski definition) is 0. The normalized spacial score (nSPS) is 11.8. The van der Waals surface area contributed by atoms with Gasteiger partial charge in [0.05, 0.1) is 54.6 Å². The number of methoxy groups -OCH3 is 4. The Labute approximate surface area is 146 Å². The summed E-state index contributed by atoms with van der Waals surface area (Å²) in [6, 6.07) is -0.368. The van der Waals surface area contributed by atoms with Crippen molar-refractivity contribution in [1.82, 2.24) is 9.80 Å². The number of carbonyl (C=O) groups is 4. The molecule has 144 valence electrons. The zero-order chi connectivity index (χ0) is 19.4. The van der Waals surface area contributed by atoms with E-state index in [2.05, 4.69) is 18.9 Å². The van der Waals surface area contributed by atoms with Gasteiger partial charge in [0, 0.05) is 12.6 Å². The molecule has 25 heavy (non-hydrogen) atoms. The third-order valence-electron chi connectivity index (χ3n) is 3.43. The van der Waals surface area contributed by atoms with E-state index in [1.54, 1.807) is 6.92 Å². The summed E-state index contributed by atoms with van der Waals surface area (Å²) in [5.41, 5.74) is 0. The lowest BCUT2D eigenvalue weighted by Crippen LogP contribution is -2.49. The fourth-order valence-corrected chi connectivity index (χ4v) is 2.00. The zero-order valence-corrected chi connectivity index (χ0v) is 15.3. The van der Waals surface area contributed by atoms with Crippen molar-refractivity contribution in [2.45, 2.75) is 13.0 Å². The van der Waals surface area contributed by atoms with E-state index in [9.17, 15) is 19.2 Å². The highest BCUT2D eigenvalue weighted by molar-refractivity contribution is 5.75. The summed E-state index contributed by atoms with van der Waals surface area (Å²) < 4.78 is 18.5. The van der Waals surface area contributed by atoms with E-state index in [-0.39, 0.29) is 38.8 Å². The van der Waals surface area contributed by atoms with Crippen LogP contribution in [-0.4, -0.2) is 101 Å². The van der Waals surface area contributed by atoms with Gasteiger partial charge in [0.25, 0.3) is 0 Å². The molecule has 0 fully saturated rings. The van der Waals surface area contributed by atoms with Crippen LogP contribution in [0, 0.1) is 0 Å². The molecule has 0 saturated carbocycles. The van der Waals surface area contributed by atoms with E-state index in [0.29, 0.717) is 0 Å². The van der Waals surface area contributed by atoms with Crippen molar-refractivity contribution in [2.75, 3.05) is 61.2 Å². The van der Waals surface area contributed by atoms with E-state index in [0.717, 1.165) is 0 Å². The molecule has 0 saturated heterocycles. The predicted molar refractivity (Wildman–Crippen MR) is 85.5 cm³/mol. The van der Waals surface area contributed by atoms with Crippen LogP contribution in [0.2, 0.25) is 0 Å². The second kappa shape index (κ2) is 12.2. The number of hydrogen-bond acceptors (Lipinski definition) is 10. The molecule has 0 bridgehead atoms. The third kappa shape index (κ3) is 9.62. The zero-order valence-electron chi connectivity index (χ0n) is 15.3. The van der Waals surface area contributed by atoms with E-state index < -0.39 is 23.9 Å². The van der Waals surface area contributed by atoms with Crippen LogP contribution in [0.1, 0.15) is 6.92 Å². The van der Waals surface area contributed by atoms with Crippen LogP contribution in [0.25, 0.3) is 0 Å². The van der Waals surface area contributed by atoms with Crippen LogP contribution in [0.15, 0.2) is 0 Å². The fourth-order valence-electron chi connectivity index (χ4n) is 2.00. The average Bonchev–Trinajstić information content (AvgIpc) is 2.59. The SMILES string of the molecule is COC(=O)CN(CC(=O)OC)C[C@H](C)N(CC(=O)OC)CC(=O)OC. The van der Waals surface area contributed by atoms with Gasteiger partial charge in [-0.1, -0.05) is 0 Å². The fraction of sp³-hybridized carbons (Fsp3) is 0.733. The molecule has 0 amide bonds. The number of rotatable bonds is 11. The van der Waals surface area contributed by atoms with Crippen LogP contribution in [0.5, 0.6) is 0 Å². The molecule has 0 aromatic carbocycles. The molecule has 0 aromatic heterocycles. The highest BCUT2D eigenvalue weighted by Gasteiger charge is 2.25. The first-order chi connectivity index (χ1) is 11.8. The van der Waals surface area contributed by atoms with Gasteiger partial charge >= 0.3 is 23.9 Å². The summed E-state index contributed by atoms with van der Waals surface area (Å²) in [6.45, 7) is 1.39. The smallest absolute Gasteiger partial charge is 0.319 e. The maximum atomic E-state index is 11.6. The van der Waals surface area contributed by atoms with Crippen molar-refractivity contribution < 1.29 is 38.1 Å². The molecule has 0 aliphatic carbocycles. The Kier molecular flexibility index (Phi) is 11.1. The topological polar surface area (TPSA) is 112 Å². The van der Waals surface area contributed by atoms with E-state index in [4.69, 9.17) is 0 Å². The summed E-state index contributed by atoms with van der Waals surface area (Å²) in [4.78, 5) is 49.2. The molecule has 0 radical (unpaired) electrons.